The van der Waals surface area contributed by atoms with Gasteiger partial charge < -0.3 is 10.4 Å². The lowest BCUT2D eigenvalue weighted by Crippen LogP contribution is -2.28. The Balaban J connectivity index is 2.38. The molecule has 1 aromatic carbocycles. The third-order valence-electron chi connectivity index (χ3n) is 2.96. The zero-order valence-electron chi connectivity index (χ0n) is 10.1. The first-order valence-corrected chi connectivity index (χ1v) is 5.99. The number of hydrogen-bond acceptors (Lipinski definition) is 3. The number of nitrogens with one attached hydrogen (secondary N) is 1. The Labute approximate surface area is 105 Å². The van der Waals surface area contributed by atoms with E-state index in [9.17, 15) is 14.7 Å². The molecule has 1 aromatic rings. The number of carbonyl (C=O) groups is 2. The lowest BCUT2D eigenvalue weighted by molar-refractivity contribution is -0.117. The molecule has 0 bridgehead atoms. The smallest absolute Gasteiger partial charge is 0.259 e. The highest BCUT2D eigenvalue weighted by molar-refractivity contribution is 6.30. The first-order valence-electron chi connectivity index (χ1n) is 5.99. The van der Waals surface area contributed by atoms with E-state index in [1.807, 2.05) is 6.92 Å². The van der Waals surface area contributed by atoms with Crippen LogP contribution in [0.25, 0.3) is 5.76 Å². The van der Waals surface area contributed by atoms with Crippen molar-refractivity contribution in [2.75, 3.05) is 0 Å². The summed E-state index contributed by atoms with van der Waals surface area (Å²) in [5.41, 5.74) is 0.354. The predicted molar refractivity (Wildman–Crippen MR) is 67.8 cm³/mol. The molecule has 0 aromatic heterocycles. The van der Waals surface area contributed by atoms with Crippen LogP contribution in [0.4, 0.5) is 0 Å². The highest BCUT2D eigenvalue weighted by atomic mass is 16.3. The van der Waals surface area contributed by atoms with Gasteiger partial charge in [0.05, 0.1) is 6.04 Å². The maximum Gasteiger partial charge on any atom is 0.259 e. The van der Waals surface area contributed by atoms with Gasteiger partial charge in [-0.25, -0.2) is 0 Å². The van der Waals surface area contributed by atoms with Gasteiger partial charge in [-0.3, -0.25) is 9.59 Å². The number of aliphatic hydroxyl groups is 1. The van der Waals surface area contributed by atoms with Crippen molar-refractivity contribution in [1.82, 2.24) is 5.32 Å². The number of rotatable bonds is 3. The molecule has 0 saturated carbocycles. The summed E-state index contributed by atoms with van der Waals surface area (Å²) < 4.78 is 0. The second-order valence-electron chi connectivity index (χ2n) is 4.27. The molecule has 1 aliphatic heterocycles. The highest BCUT2D eigenvalue weighted by Gasteiger charge is 2.37. The Morgan fingerprint density at radius 3 is 2.56 bits per heavy atom. The Hall–Kier alpha value is -2.10. The lowest BCUT2D eigenvalue weighted by atomic mass is 10.0. The van der Waals surface area contributed by atoms with E-state index in [0.717, 1.165) is 6.42 Å². The molecule has 0 radical (unpaired) electrons. The Bertz CT molecular complexity index is 505. The molecule has 1 saturated heterocycles. The van der Waals surface area contributed by atoms with E-state index in [2.05, 4.69) is 5.32 Å². The molecule has 2 rings (SSSR count). The fraction of sp³-hybridized carbons (Fsp3) is 0.286. The van der Waals surface area contributed by atoms with Crippen LogP contribution in [0.3, 0.4) is 0 Å². The van der Waals surface area contributed by atoms with Gasteiger partial charge in [0.1, 0.15) is 11.3 Å². The molecule has 4 heteroatoms. The molecule has 0 spiro atoms. The Kier molecular flexibility index (Phi) is 3.46. The van der Waals surface area contributed by atoms with Gasteiger partial charge >= 0.3 is 0 Å². The minimum Gasteiger partial charge on any atom is -0.506 e. The van der Waals surface area contributed by atoms with E-state index < -0.39 is 11.9 Å². The van der Waals surface area contributed by atoms with Gasteiger partial charge in [-0.2, -0.15) is 0 Å². The van der Waals surface area contributed by atoms with Gasteiger partial charge in [-0.1, -0.05) is 43.7 Å². The molecule has 4 nitrogen and oxygen atoms in total. The second kappa shape index (κ2) is 5.04. The van der Waals surface area contributed by atoms with E-state index in [1.54, 1.807) is 30.3 Å². The first kappa shape index (κ1) is 12.4. The molecule has 1 fully saturated rings. The molecule has 0 aliphatic carbocycles. The normalized spacial score (nSPS) is 21.9. The molecule has 1 atom stereocenters. The fourth-order valence-electron chi connectivity index (χ4n) is 2.04. The minimum absolute atomic E-state index is 0.125. The highest BCUT2D eigenvalue weighted by Crippen LogP contribution is 2.22. The van der Waals surface area contributed by atoms with Crippen molar-refractivity contribution in [3.05, 3.63) is 41.5 Å². The van der Waals surface area contributed by atoms with Gasteiger partial charge in [0.15, 0.2) is 5.78 Å². The monoisotopic (exact) mass is 245 g/mol. The van der Waals surface area contributed by atoms with E-state index in [-0.39, 0.29) is 17.1 Å². The Morgan fingerprint density at radius 2 is 1.94 bits per heavy atom. The average molecular weight is 245 g/mol. The van der Waals surface area contributed by atoms with Crippen LogP contribution in [0.1, 0.15) is 25.3 Å². The van der Waals surface area contributed by atoms with Crippen molar-refractivity contribution in [3.63, 3.8) is 0 Å². The zero-order valence-corrected chi connectivity index (χ0v) is 10.1. The topological polar surface area (TPSA) is 66.4 Å². The SMILES string of the molecule is CCCC1NC(=O)C(=C(O)c2ccccc2)C1=O. The summed E-state index contributed by atoms with van der Waals surface area (Å²) in [6, 6.07) is 8.12. The standard InChI is InChI=1S/C14H15NO3/c1-2-6-10-13(17)11(14(18)15-10)12(16)9-7-4-3-5-8-9/h3-5,7-8,10,16H,2,6H2,1H3,(H,15,18). The van der Waals surface area contributed by atoms with Gasteiger partial charge in [-0.15, -0.1) is 0 Å². The molecule has 18 heavy (non-hydrogen) atoms. The molecular formula is C14H15NO3. The number of amides is 1. The summed E-state index contributed by atoms with van der Waals surface area (Å²) in [5.74, 6) is -1.04. The molecule has 1 aliphatic rings. The van der Waals surface area contributed by atoms with Crippen molar-refractivity contribution < 1.29 is 14.7 Å². The maximum absolute atomic E-state index is 12.0. The van der Waals surface area contributed by atoms with E-state index in [0.29, 0.717) is 12.0 Å². The molecule has 2 N–H and O–H groups in total. The number of Topliss-reactive ketones (excluding diaryl/α,β-unsaturated/α-hetero) is 1. The fourth-order valence-corrected chi connectivity index (χ4v) is 2.04. The van der Waals surface area contributed by atoms with Crippen LogP contribution in [-0.2, 0) is 9.59 Å². The summed E-state index contributed by atoms with van der Waals surface area (Å²) >= 11 is 0. The van der Waals surface area contributed by atoms with Crippen molar-refractivity contribution in [2.45, 2.75) is 25.8 Å². The van der Waals surface area contributed by atoms with Gasteiger partial charge in [-0.05, 0) is 6.42 Å². The van der Waals surface area contributed by atoms with Crippen LogP contribution in [0, 0.1) is 0 Å². The first-order chi connectivity index (χ1) is 8.65. The van der Waals surface area contributed by atoms with E-state index in [1.165, 1.54) is 0 Å². The summed E-state index contributed by atoms with van der Waals surface area (Å²) in [6.45, 7) is 1.94. The van der Waals surface area contributed by atoms with E-state index in [4.69, 9.17) is 0 Å². The molecule has 1 amide bonds. The van der Waals surface area contributed by atoms with E-state index >= 15 is 0 Å². The number of ketones is 1. The number of carbonyl (C=O) groups excluding carboxylic acids is 2. The molecule has 1 heterocycles. The van der Waals surface area contributed by atoms with Crippen LogP contribution in [-0.4, -0.2) is 22.8 Å². The quantitative estimate of drug-likeness (QED) is 0.485. The zero-order chi connectivity index (χ0) is 13.1. The van der Waals surface area contributed by atoms with Crippen molar-refractivity contribution in [3.8, 4) is 0 Å². The number of benzene rings is 1. The van der Waals surface area contributed by atoms with Crippen molar-refractivity contribution in [2.24, 2.45) is 0 Å². The molecule has 1 unspecified atom stereocenters. The lowest BCUT2D eigenvalue weighted by Gasteiger charge is -2.04. The van der Waals surface area contributed by atoms with Crippen molar-refractivity contribution in [1.29, 1.82) is 0 Å². The van der Waals surface area contributed by atoms with Crippen molar-refractivity contribution >= 4 is 17.4 Å². The summed E-state index contributed by atoms with van der Waals surface area (Å²) in [4.78, 5) is 23.8. The summed E-state index contributed by atoms with van der Waals surface area (Å²) in [5, 5.41) is 12.6. The van der Waals surface area contributed by atoms with Crippen LogP contribution >= 0.6 is 0 Å². The van der Waals surface area contributed by atoms with Gasteiger partial charge in [0.2, 0.25) is 0 Å². The second-order valence-corrected chi connectivity index (χ2v) is 4.27. The number of hydrogen-bond donors (Lipinski definition) is 2. The van der Waals surface area contributed by atoms with Crippen LogP contribution in [0.2, 0.25) is 0 Å². The van der Waals surface area contributed by atoms with Crippen LogP contribution in [0.15, 0.2) is 35.9 Å². The van der Waals surface area contributed by atoms with Crippen LogP contribution in [0.5, 0.6) is 0 Å². The minimum atomic E-state index is -0.497. The predicted octanol–water partition coefficient (Wildman–Crippen LogP) is 1.82. The summed E-state index contributed by atoms with van der Waals surface area (Å²) in [7, 11) is 0. The molecular weight excluding hydrogens is 230 g/mol. The maximum atomic E-state index is 12.0. The summed E-state index contributed by atoms with van der Waals surface area (Å²) in [6.07, 6.45) is 1.40. The van der Waals surface area contributed by atoms with Crippen LogP contribution < -0.4 is 5.32 Å². The van der Waals surface area contributed by atoms with Gasteiger partial charge in [0, 0.05) is 5.56 Å². The number of aliphatic hydroxyl groups excluding tert-OH is 1. The van der Waals surface area contributed by atoms with Gasteiger partial charge in [0.25, 0.3) is 5.91 Å². The third kappa shape index (κ3) is 2.14. The largest absolute Gasteiger partial charge is 0.506 e. The molecule has 94 valence electrons. The third-order valence-corrected chi connectivity index (χ3v) is 2.96. The Morgan fingerprint density at radius 1 is 1.28 bits per heavy atom. The average Bonchev–Trinajstić information content (AvgIpc) is 2.65.